The van der Waals surface area contributed by atoms with Gasteiger partial charge in [0.25, 0.3) is 5.91 Å². The molecule has 0 spiro atoms. The summed E-state index contributed by atoms with van der Waals surface area (Å²) in [6.45, 7) is 0.613. The van der Waals surface area contributed by atoms with Crippen molar-refractivity contribution in [2.45, 2.75) is 25.5 Å². The van der Waals surface area contributed by atoms with E-state index in [1.807, 2.05) is 65.6 Å². The van der Waals surface area contributed by atoms with Gasteiger partial charge in [-0.05, 0) is 47.2 Å². The van der Waals surface area contributed by atoms with Gasteiger partial charge in [-0.25, -0.2) is 9.97 Å². The van der Waals surface area contributed by atoms with E-state index < -0.39 is 0 Å². The second-order valence-corrected chi connectivity index (χ2v) is 8.04. The summed E-state index contributed by atoms with van der Waals surface area (Å²) in [6, 6.07) is 23.5. The molecule has 5 rings (SSSR count). The molecule has 1 amide bonds. The lowest BCUT2D eigenvalue weighted by atomic mass is 9.98. The number of amides is 1. The maximum atomic E-state index is 13.7. The molecule has 0 bridgehead atoms. The lowest BCUT2D eigenvalue weighted by Crippen LogP contribution is -2.31. The Morgan fingerprint density at radius 3 is 2.62 bits per heavy atom. The average molecular weight is 425 g/mol. The average Bonchev–Trinajstić information content (AvgIpc) is 3.33. The molecule has 1 atom stereocenters. The molecule has 2 heterocycles. The minimum Gasteiger partial charge on any atom is -0.392 e. The first-order valence-corrected chi connectivity index (χ1v) is 10.8. The molecule has 6 nitrogen and oxygen atoms in total. The Kier molecular flexibility index (Phi) is 5.29. The highest BCUT2D eigenvalue weighted by molar-refractivity contribution is 6.06. The molecule has 1 saturated heterocycles. The van der Waals surface area contributed by atoms with Crippen LogP contribution in [-0.2, 0) is 6.61 Å². The number of carbonyl (C=O) groups is 1. The summed E-state index contributed by atoms with van der Waals surface area (Å²) in [4.78, 5) is 24.3. The highest BCUT2D eigenvalue weighted by atomic mass is 16.3. The van der Waals surface area contributed by atoms with Crippen molar-refractivity contribution in [3.63, 3.8) is 0 Å². The number of aliphatic hydroxyl groups excluding tert-OH is 1. The second-order valence-electron chi connectivity index (χ2n) is 8.04. The van der Waals surface area contributed by atoms with Gasteiger partial charge in [-0.3, -0.25) is 4.79 Å². The van der Waals surface area contributed by atoms with E-state index >= 15 is 0 Å². The molecule has 6 heteroatoms. The quantitative estimate of drug-likeness (QED) is 0.508. The molecule has 160 valence electrons. The van der Waals surface area contributed by atoms with E-state index in [0.717, 1.165) is 35.1 Å². The Hall–Kier alpha value is -3.77. The molecular formula is C26H24N4O2. The number of nitrogens with zero attached hydrogens (tertiary/aromatic N) is 3. The zero-order valence-electron chi connectivity index (χ0n) is 17.6. The van der Waals surface area contributed by atoms with E-state index in [1.54, 1.807) is 0 Å². The van der Waals surface area contributed by atoms with Crippen LogP contribution in [0.25, 0.3) is 22.0 Å². The predicted octanol–water partition coefficient (Wildman–Crippen LogP) is 4.35. The number of fused-ring (bicyclic) bond motifs is 1. The Morgan fingerprint density at radius 2 is 1.81 bits per heavy atom. The second kappa shape index (κ2) is 8.40. The zero-order valence-corrected chi connectivity index (χ0v) is 17.6. The summed E-state index contributed by atoms with van der Waals surface area (Å²) in [5.74, 6) is -0.0529. The van der Waals surface area contributed by atoms with Crippen molar-refractivity contribution in [1.82, 2.24) is 14.9 Å². The molecule has 1 aromatic heterocycles. The molecule has 32 heavy (non-hydrogen) atoms. The van der Waals surface area contributed by atoms with Crippen LogP contribution in [0.5, 0.6) is 0 Å². The summed E-state index contributed by atoms with van der Waals surface area (Å²) in [7, 11) is 0. The topological polar surface area (TPSA) is 92.3 Å². The normalized spacial score (nSPS) is 15.9. The van der Waals surface area contributed by atoms with E-state index in [2.05, 4.69) is 22.1 Å². The number of aliphatic hydroxyl groups is 1. The minimum atomic E-state index is -0.136. The molecule has 0 saturated carbocycles. The van der Waals surface area contributed by atoms with Crippen LogP contribution in [0.3, 0.4) is 0 Å². The Labute approximate surface area is 186 Å². The van der Waals surface area contributed by atoms with Crippen LogP contribution in [0.15, 0.2) is 72.8 Å². The molecule has 3 aromatic carbocycles. The summed E-state index contributed by atoms with van der Waals surface area (Å²) in [5.41, 5.74) is 10.7. The Bertz CT molecular complexity index is 1290. The number of hydrogen-bond donors (Lipinski definition) is 2. The maximum absolute atomic E-state index is 13.7. The fourth-order valence-electron chi connectivity index (χ4n) is 4.58. The van der Waals surface area contributed by atoms with Crippen LogP contribution in [-0.4, -0.2) is 32.4 Å². The SMILES string of the molecule is Nc1nc(C(=O)N2CCCC2c2ccccc2)c2cc(-c3ccccc3CO)ccc2n1. The van der Waals surface area contributed by atoms with Crippen LogP contribution >= 0.6 is 0 Å². The van der Waals surface area contributed by atoms with Crippen molar-refractivity contribution in [1.29, 1.82) is 0 Å². The molecule has 1 aliphatic heterocycles. The number of rotatable bonds is 4. The largest absolute Gasteiger partial charge is 0.392 e. The summed E-state index contributed by atoms with van der Waals surface area (Å²) in [5, 5.41) is 10.4. The molecule has 1 unspecified atom stereocenters. The monoisotopic (exact) mass is 424 g/mol. The number of nitrogens with two attached hydrogens (primary N) is 1. The molecular weight excluding hydrogens is 400 g/mol. The third-order valence-corrected chi connectivity index (χ3v) is 6.11. The number of hydrogen-bond acceptors (Lipinski definition) is 5. The van der Waals surface area contributed by atoms with Crippen LogP contribution in [0.1, 0.15) is 40.5 Å². The molecule has 4 aromatic rings. The first kappa shape index (κ1) is 20.2. The maximum Gasteiger partial charge on any atom is 0.273 e. The molecule has 1 aliphatic rings. The number of carbonyl (C=O) groups excluding carboxylic acids is 1. The standard InChI is InChI=1S/C26H24N4O2/c27-26-28-22-13-12-18(20-10-5-4-9-19(20)16-31)15-21(22)24(29-26)25(32)30-14-6-11-23(30)17-7-2-1-3-8-17/h1-5,7-10,12-13,15,23,31H,6,11,14,16H2,(H2,27,28,29). The summed E-state index contributed by atoms with van der Waals surface area (Å²) in [6.07, 6.45) is 1.86. The lowest BCUT2D eigenvalue weighted by molar-refractivity contribution is 0.0732. The highest BCUT2D eigenvalue weighted by Gasteiger charge is 2.32. The van der Waals surface area contributed by atoms with E-state index in [9.17, 15) is 9.90 Å². The van der Waals surface area contributed by atoms with E-state index in [-0.39, 0.29) is 24.5 Å². The van der Waals surface area contributed by atoms with Gasteiger partial charge in [0.2, 0.25) is 5.95 Å². The van der Waals surface area contributed by atoms with Gasteiger partial charge in [0, 0.05) is 11.9 Å². The van der Waals surface area contributed by atoms with Crippen LogP contribution in [0.4, 0.5) is 5.95 Å². The van der Waals surface area contributed by atoms with Gasteiger partial charge in [-0.15, -0.1) is 0 Å². The fourth-order valence-corrected chi connectivity index (χ4v) is 4.58. The van der Waals surface area contributed by atoms with Crippen molar-refractivity contribution in [2.24, 2.45) is 0 Å². The van der Waals surface area contributed by atoms with Crippen LogP contribution in [0, 0.1) is 0 Å². The van der Waals surface area contributed by atoms with Gasteiger partial charge in [0.1, 0.15) is 5.69 Å². The van der Waals surface area contributed by atoms with Crippen molar-refractivity contribution in [3.8, 4) is 11.1 Å². The first-order valence-electron chi connectivity index (χ1n) is 10.8. The zero-order chi connectivity index (χ0) is 22.1. The number of benzene rings is 3. The molecule has 1 fully saturated rings. The summed E-state index contributed by atoms with van der Waals surface area (Å²) < 4.78 is 0. The third-order valence-electron chi connectivity index (χ3n) is 6.11. The molecule has 3 N–H and O–H groups in total. The Balaban J connectivity index is 1.61. The van der Waals surface area contributed by atoms with Crippen molar-refractivity contribution in [2.75, 3.05) is 12.3 Å². The third kappa shape index (κ3) is 3.59. The van der Waals surface area contributed by atoms with Gasteiger partial charge < -0.3 is 15.7 Å². The number of anilines is 1. The van der Waals surface area contributed by atoms with Crippen LogP contribution < -0.4 is 5.73 Å². The number of aromatic nitrogens is 2. The van der Waals surface area contributed by atoms with Gasteiger partial charge in [-0.2, -0.15) is 0 Å². The van der Waals surface area contributed by atoms with Crippen LogP contribution in [0.2, 0.25) is 0 Å². The van der Waals surface area contributed by atoms with E-state index in [4.69, 9.17) is 5.73 Å². The molecule has 0 aliphatic carbocycles. The smallest absolute Gasteiger partial charge is 0.273 e. The number of nitrogen functional groups attached to an aromatic ring is 1. The van der Waals surface area contributed by atoms with Crippen molar-refractivity contribution >= 4 is 22.8 Å². The van der Waals surface area contributed by atoms with E-state index in [1.165, 1.54) is 0 Å². The number of likely N-dealkylation sites (tertiary alicyclic amines) is 1. The van der Waals surface area contributed by atoms with Crippen molar-refractivity contribution in [3.05, 3.63) is 89.6 Å². The van der Waals surface area contributed by atoms with Gasteiger partial charge in [0.15, 0.2) is 0 Å². The van der Waals surface area contributed by atoms with Crippen molar-refractivity contribution < 1.29 is 9.90 Å². The lowest BCUT2D eigenvalue weighted by Gasteiger charge is -2.25. The van der Waals surface area contributed by atoms with Gasteiger partial charge >= 0.3 is 0 Å². The Morgan fingerprint density at radius 1 is 1.03 bits per heavy atom. The predicted molar refractivity (Wildman–Crippen MR) is 125 cm³/mol. The van der Waals surface area contributed by atoms with Gasteiger partial charge in [0.05, 0.1) is 18.2 Å². The minimum absolute atomic E-state index is 0.0215. The highest BCUT2D eigenvalue weighted by Crippen LogP contribution is 2.35. The summed E-state index contributed by atoms with van der Waals surface area (Å²) >= 11 is 0. The fraction of sp³-hybridized carbons (Fsp3) is 0.192. The first-order chi connectivity index (χ1) is 15.7. The van der Waals surface area contributed by atoms with E-state index in [0.29, 0.717) is 23.1 Å². The van der Waals surface area contributed by atoms with Gasteiger partial charge in [-0.1, -0.05) is 60.7 Å². The molecule has 0 radical (unpaired) electrons.